The number of methoxy groups -OCH3 is 1. The number of allylic oxidation sites excluding steroid dienone is 4. The highest BCUT2D eigenvalue weighted by Gasteiger charge is 2.57. The predicted molar refractivity (Wildman–Crippen MR) is 93.9 cm³/mol. The fourth-order valence-electron chi connectivity index (χ4n) is 5.82. The van der Waals surface area contributed by atoms with Crippen LogP contribution >= 0.6 is 0 Å². The van der Waals surface area contributed by atoms with E-state index in [1.165, 1.54) is 19.3 Å². The van der Waals surface area contributed by atoms with Gasteiger partial charge in [-0.2, -0.15) is 0 Å². The first-order chi connectivity index (χ1) is 10.8. The number of rotatable bonds is 2. The quantitative estimate of drug-likeness (QED) is 0.647. The molecule has 4 atom stereocenters. The van der Waals surface area contributed by atoms with Gasteiger partial charge < -0.3 is 4.74 Å². The lowest BCUT2D eigenvalue weighted by Crippen LogP contribution is -2.53. The van der Waals surface area contributed by atoms with Gasteiger partial charge in [-0.3, -0.25) is 4.79 Å². The summed E-state index contributed by atoms with van der Waals surface area (Å²) in [5, 5.41) is 0. The van der Waals surface area contributed by atoms with Gasteiger partial charge in [-0.1, -0.05) is 44.9 Å². The Morgan fingerprint density at radius 3 is 2.70 bits per heavy atom. The van der Waals surface area contributed by atoms with Gasteiger partial charge in [0.15, 0.2) is 0 Å². The molecule has 0 N–H and O–H groups in total. The van der Waals surface area contributed by atoms with E-state index >= 15 is 0 Å². The Morgan fingerprint density at radius 2 is 2.04 bits per heavy atom. The van der Waals surface area contributed by atoms with E-state index in [1.807, 2.05) is 0 Å². The third kappa shape index (κ3) is 2.49. The molecule has 0 aromatic carbocycles. The average Bonchev–Trinajstić information content (AvgIpc) is 2.53. The summed E-state index contributed by atoms with van der Waals surface area (Å²) in [4.78, 5) is 12.5. The summed E-state index contributed by atoms with van der Waals surface area (Å²) in [6.45, 7) is 9.20. The van der Waals surface area contributed by atoms with E-state index in [1.54, 1.807) is 18.3 Å². The van der Waals surface area contributed by atoms with Gasteiger partial charge >= 0.3 is 5.97 Å². The largest absolute Gasteiger partial charge is 0.469 e. The van der Waals surface area contributed by atoms with Gasteiger partial charge in [-0.15, -0.1) is 0 Å². The Bertz CT molecular complexity index is 556. The highest BCUT2D eigenvalue weighted by Crippen LogP contribution is 2.62. The van der Waals surface area contributed by atoms with Crippen molar-refractivity contribution >= 4 is 5.97 Å². The molecule has 0 saturated heterocycles. The van der Waals surface area contributed by atoms with E-state index < -0.39 is 0 Å². The monoisotopic (exact) mass is 316 g/mol. The molecule has 2 heteroatoms. The highest BCUT2D eigenvalue weighted by molar-refractivity contribution is 5.77. The normalized spacial score (nSPS) is 39.9. The van der Waals surface area contributed by atoms with Gasteiger partial charge in [-0.25, -0.2) is 0 Å². The Hall–Kier alpha value is -1.05. The van der Waals surface area contributed by atoms with Crippen molar-refractivity contribution in [1.29, 1.82) is 0 Å². The minimum Gasteiger partial charge on any atom is -0.469 e. The summed E-state index contributed by atoms with van der Waals surface area (Å²) >= 11 is 0. The summed E-state index contributed by atoms with van der Waals surface area (Å²) in [5.74, 6) is 1.68. The van der Waals surface area contributed by atoms with Crippen LogP contribution in [0.4, 0.5) is 0 Å². The molecule has 0 aromatic heterocycles. The second kappa shape index (κ2) is 5.79. The molecule has 23 heavy (non-hydrogen) atoms. The zero-order valence-electron chi connectivity index (χ0n) is 15.4. The Morgan fingerprint density at radius 1 is 1.30 bits per heavy atom. The molecular weight excluding hydrogens is 284 g/mol. The second-order valence-electron chi connectivity index (χ2n) is 8.73. The topological polar surface area (TPSA) is 26.3 Å². The summed E-state index contributed by atoms with van der Waals surface area (Å²) in [6.07, 6.45) is 11.8. The van der Waals surface area contributed by atoms with Crippen LogP contribution in [-0.2, 0) is 9.53 Å². The maximum atomic E-state index is 12.5. The fourth-order valence-corrected chi connectivity index (χ4v) is 5.82. The average molecular weight is 316 g/mol. The molecular formula is C21H32O2. The number of hydrogen-bond acceptors (Lipinski definition) is 2. The summed E-state index contributed by atoms with van der Waals surface area (Å²) in [5.41, 5.74) is 3.07. The van der Waals surface area contributed by atoms with Crippen LogP contribution in [0.1, 0.15) is 66.2 Å². The van der Waals surface area contributed by atoms with Crippen LogP contribution in [0.25, 0.3) is 0 Å². The molecule has 0 aliphatic heterocycles. The van der Waals surface area contributed by atoms with Crippen molar-refractivity contribution in [2.24, 2.45) is 28.6 Å². The molecule has 128 valence electrons. The lowest BCUT2D eigenvalue weighted by molar-refractivity contribution is -0.166. The standard InChI is InChI=1S/C21H32O2/c1-14(2)15-7-9-17-16(13-15)8-10-18-20(17,3)11-6-12-21(18,4)19(22)23-5/h8,13-14,17-18H,6-7,9-12H2,1-5H3/t17-,18?,20-,21+/m1/s1. The molecule has 0 heterocycles. The van der Waals surface area contributed by atoms with Gasteiger partial charge in [0.2, 0.25) is 0 Å². The molecule has 0 amide bonds. The van der Waals surface area contributed by atoms with Crippen LogP contribution in [0.5, 0.6) is 0 Å². The smallest absolute Gasteiger partial charge is 0.311 e. The van der Waals surface area contributed by atoms with Gasteiger partial charge in [0.05, 0.1) is 12.5 Å². The Kier molecular flexibility index (Phi) is 4.23. The third-order valence-corrected chi connectivity index (χ3v) is 7.23. The number of carbonyl (C=O) groups excluding carboxylic acids is 1. The fraction of sp³-hybridized carbons (Fsp3) is 0.762. The number of hydrogen-bond donors (Lipinski definition) is 0. The van der Waals surface area contributed by atoms with Gasteiger partial charge in [0, 0.05) is 0 Å². The van der Waals surface area contributed by atoms with Crippen molar-refractivity contribution < 1.29 is 9.53 Å². The molecule has 3 aliphatic rings. The zero-order chi connectivity index (χ0) is 16.8. The number of carbonyl (C=O) groups is 1. The van der Waals surface area contributed by atoms with Crippen LogP contribution in [0, 0.1) is 28.6 Å². The van der Waals surface area contributed by atoms with E-state index in [0.717, 1.165) is 19.3 Å². The molecule has 0 spiro atoms. The van der Waals surface area contributed by atoms with Crippen LogP contribution in [0.15, 0.2) is 23.3 Å². The van der Waals surface area contributed by atoms with Gasteiger partial charge in [0.25, 0.3) is 0 Å². The van der Waals surface area contributed by atoms with Crippen LogP contribution in [-0.4, -0.2) is 13.1 Å². The lowest BCUT2D eigenvalue weighted by Gasteiger charge is -2.57. The molecule has 0 bridgehead atoms. The summed E-state index contributed by atoms with van der Waals surface area (Å²) < 4.78 is 5.20. The first-order valence-electron chi connectivity index (χ1n) is 9.32. The van der Waals surface area contributed by atoms with Crippen LogP contribution in [0.2, 0.25) is 0 Å². The molecule has 1 unspecified atom stereocenters. The maximum absolute atomic E-state index is 12.5. The van der Waals surface area contributed by atoms with Crippen molar-refractivity contribution in [2.75, 3.05) is 7.11 Å². The number of ether oxygens (including phenoxy) is 1. The summed E-state index contributed by atoms with van der Waals surface area (Å²) in [6, 6.07) is 0. The van der Waals surface area contributed by atoms with E-state index in [2.05, 4.69) is 39.8 Å². The van der Waals surface area contributed by atoms with Crippen LogP contribution in [0.3, 0.4) is 0 Å². The van der Waals surface area contributed by atoms with Crippen molar-refractivity contribution in [3.8, 4) is 0 Å². The van der Waals surface area contributed by atoms with Crippen molar-refractivity contribution in [3.05, 3.63) is 23.3 Å². The van der Waals surface area contributed by atoms with E-state index in [9.17, 15) is 4.79 Å². The minimum atomic E-state index is -0.314. The number of fused-ring (bicyclic) bond motifs is 3. The highest BCUT2D eigenvalue weighted by atomic mass is 16.5. The first-order valence-corrected chi connectivity index (χ1v) is 9.32. The van der Waals surface area contributed by atoms with Gasteiger partial charge in [0.1, 0.15) is 0 Å². The summed E-state index contributed by atoms with van der Waals surface area (Å²) in [7, 11) is 1.54. The van der Waals surface area contributed by atoms with E-state index in [-0.39, 0.29) is 16.8 Å². The molecule has 3 aliphatic carbocycles. The number of esters is 1. The van der Waals surface area contributed by atoms with E-state index in [4.69, 9.17) is 4.74 Å². The van der Waals surface area contributed by atoms with Crippen molar-refractivity contribution in [3.63, 3.8) is 0 Å². The predicted octanol–water partition coefficient (Wildman–Crippen LogP) is 5.29. The van der Waals surface area contributed by atoms with Crippen molar-refractivity contribution in [1.82, 2.24) is 0 Å². The minimum absolute atomic E-state index is 0.000467. The molecule has 2 nitrogen and oxygen atoms in total. The van der Waals surface area contributed by atoms with Gasteiger partial charge in [-0.05, 0) is 67.8 Å². The second-order valence-corrected chi connectivity index (χ2v) is 8.73. The van der Waals surface area contributed by atoms with Crippen LogP contribution < -0.4 is 0 Å². The molecule has 1 fully saturated rings. The Labute approximate surface area is 141 Å². The Balaban J connectivity index is 1.99. The van der Waals surface area contributed by atoms with E-state index in [0.29, 0.717) is 17.8 Å². The zero-order valence-corrected chi connectivity index (χ0v) is 15.4. The molecule has 0 radical (unpaired) electrons. The SMILES string of the molecule is COC(=O)[C@@]1(C)CCC[C@@]2(C)C1CC=C1C=C(C(C)C)CC[C@H]12. The molecule has 3 rings (SSSR count). The molecule has 0 aromatic rings. The lowest BCUT2D eigenvalue weighted by atomic mass is 9.47. The maximum Gasteiger partial charge on any atom is 0.311 e. The third-order valence-electron chi connectivity index (χ3n) is 7.23. The first kappa shape index (κ1) is 16.8. The van der Waals surface area contributed by atoms with Crippen molar-refractivity contribution in [2.45, 2.75) is 66.2 Å². The molecule has 1 saturated carbocycles.